The zero-order valence-electron chi connectivity index (χ0n) is 25.0. The van der Waals surface area contributed by atoms with Gasteiger partial charge < -0.3 is 14.8 Å². The molecule has 5 rings (SSSR count). The van der Waals surface area contributed by atoms with E-state index in [1.807, 2.05) is 56.5 Å². The molecule has 0 saturated heterocycles. The number of nitrogens with one attached hydrogen (secondary N) is 2. The standard InChI is InChI=1S/C32H31BrFN5O4S2/c1-18(2)10-30(45(40)41)37-19(3)32-39-27(16-44-32)23-13-24-26(14-29(23)42-4)35-17-36-31(24)38-22-8-9-28(25(33)12-22)43-15-20-6-5-7-21(34)11-20/h5-9,11-14,16-19,37H,10,15H2,1-4H3,(H,35,36,38). The van der Waals surface area contributed by atoms with Crippen molar-refractivity contribution >= 4 is 65.0 Å². The van der Waals surface area contributed by atoms with Crippen LogP contribution in [0.4, 0.5) is 15.9 Å². The number of methoxy groups -OCH3 is 1. The van der Waals surface area contributed by atoms with Crippen LogP contribution in [0.3, 0.4) is 0 Å². The van der Waals surface area contributed by atoms with Crippen molar-refractivity contribution in [3.63, 3.8) is 0 Å². The Kier molecular flexibility index (Phi) is 10.4. The van der Waals surface area contributed by atoms with Crippen LogP contribution in [-0.4, -0.2) is 35.5 Å². The first-order chi connectivity index (χ1) is 21.6. The van der Waals surface area contributed by atoms with Crippen LogP contribution < -0.4 is 20.1 Å². The van der Waals surface area contributed by atoms with Crippen molar-refractivity contribution in [1.82, 2.24) is 20.3 Å². The number of aromatic nitrogens is 3. The van der Waals surface area contributed by atoms with E-state index in [9.17, 15) is 12.8 Å². The number of ether oxygens (including phenoxy) is 2. The van der Waals surface area contributed by atoms with Crippen molar-refractivity contribution in [2.24, 2.45) is 5.92 Å². The van der Waals surface area contributed by atoms with Crippen molar-refractivity contribution in [3.05, 3.63) is 87.2 Å². The van der Waals surface area contributed by atoms with Crippen LogP contribution in [0.25, 0.3) is 22.2 Å². The van der Waals surface area contributed by atoms with Crippen molar-refractivity contribution in [2.45, 2.75) is 39.8 Å². The molecular weight excluding hydrogens is 681 g/mol. The van der Waals surface area contributed by atoms with Gasteiger partial charge in [-0.15, -0.1) is 11.3 Å². The minimum atomic E-state index is -2.33. The molecule has 0 aliphatic carbocycles. The van der Waals surface area contributed by atoms with Gasteiger partial charge in [0.25, 0.3) is 0 Å². The van der Waals surface area contributed by atoms with E-state index < -0.39 is 10.3 Å². The molecule has 2 aromatic heterocycles. The Hall–Kier alpha value is -3.91. The van der Waals surface area contributed by atoms with Crippen molar-refractivity contribution < 1.29 is 22.3 Å². The molecule has 2 N–H and O–H groups in total. The van der Waals surface area contributed by atoms with Gasteiger partial charge in [-0.25, -0.2) is 19.3 Å². The van der Waals surface area contributed by atoms with Crippen molar-refractivity contribution in [1.29, 1.82) is 0 Å². The molecule has 0 spiro atoms. The molecule has 0 fully saturated rings. The molecule has 45 heavy (non-hydrogen) atoms. The zero-order valence-corrected chi connectivity index (χ0v) is 28.2. The number of hydrogen-bond acceptors (Lipinski definition) is 9. The topological polar surface area (TPSA) is 115 Å². The van der Waals surface area contributed by atoms with Gasteiger partial charge in [-0.2, -0.15) is 8.42 Å². The molecule has 1 atom stereocenters. The third-order valence-electron chi connectivity index (χ3n) is 6.78. The Morgan fingerprint density at radius 2 is 1.89 bits per heavy atom. The maximum atomic E-state index is 13.5. The third kappa shape index (κ3) is 8.03. The van der Waals surface area contributed by atoms with E-state index in [1.165, 1.54) is 29.8 Å². The molecule has 0 radical (unpaired) electrons. The molecule has 0 aliphatic rings. The summed E-state index contributed by atoms with van der Waals surface area (Å²) in [6, 6.07) is 15.3. The van der Waals surface area contributed by atoms with Gasteiger partial charge in [0.1, 0.15) is 46.1 Å². The minimum Gasteiger partial charge on any atom is -0.496 e. The molecule has 5 aromatic rings. The Morgan fingerprint density at radius 1 is 1.07 bits per heavy atom. The predicted octanol–water partition coefficient (Wildman–Crippen LogP) is 7.69. The average Bonchev–Trinajstić information content (AvgIpc) is 3.50. The van der Waals surface area contributed by atoms with E-state index in [4.69, 9.17) is 14.5 Å². The van der Waals surface area contributed by atoms with Crippen LogP contribution >= 0.6 is 27.3 Å². The second-order valence-electron chi connectivity index (χ2n) is 10.7. The first kappa shape index (κ1) is 32.5. The normalized spacial score (nSPS) is 11.9. The van der Waals surface area contributed by atoms with Crippen LogP contribution in [0.2, 0.25) is 0 Å². The minimum absolute atomic E-state index is 0.190. The van der Waals surface area contributed by atoms with E-state index in [1.54, 1.807) is 19.2 Å². The first-order valence-corrected chi connectivity index (χ1v) is 16.8. The summed E-state index contributed by atoms with van der Waals surface area (Å²) >= 11 is 5.01. The van der Waals surface area contributed by atoms with Crippen LogP contribution in [0.15, 0.2) is 70.8 Å². The fourth-order valence-electron chi connectivity index (χ4n) is 4.63. The van der Waals surface area contributed by atoms with Gasteiger partial charge >= 0.3 is 0 Å². The van der Waals surface area contributed by atoms with Crippen LogP contribution in [0.5, 0.6) is 11.5 Å². The highest BCUT2D eigenvalue weighted by Crippen LogP contribution is 2.38. The second kappa shape index (κ2) is 14.5. The number of nitrogens with zero attached hydrogens (tertiary/aromatic N) is 3. The maximum absolute atomic E-state index is 13.5. The van der Waals surface area contributed by atoms with Crippen LogP contribution in [-0.2, 0) is 16.9 Å². The number of halogens is 2. The largest absolute Gasteiger partial charge is 0.496 e. The van der Waals surface area contributed by atoms with E-state index >= 15 is 0 Å². The number of rotatable bonds is 11. The number of benzene rings is 3. The maximum Gasteiger partial charge on any atom is 0.228 e. The molecule has 9 nitrogen and oxygen atoms in total. The Labute approximate surface area is 274 Å². The summed E-state index contributed by atoms with van der Waals surface area (Å²) in [5, 5.41) is 9.90. The van der Waals surface area contributed by atoms with Gasteiger partial charge in [0.15, 0.2) is 0 Å². The smallest absolute Gasteiger partial charge is 0.228 e. The summed E-state index contributed by atoms with van der Waals surface area (Å²) in [7, 11) is -0.740. The van der Waals surface area contributed by atoms with Crippen molar-refractivity contribution in [2.75, 3.05) is 12.4 Å². The van der Waals surface area contributed by atoms with E-state index in [0.717, 1.165) is 31.7 Å². The van der Waals surface area contributed by atoms with Gasteiger partial charge in [-0.3, -0.25) is 5.32 Å². The van der Waals surface area contributed by atoms with E-state index in [0.29, 0.717) is 34.9 Å². The Balaban J connectivity index is 1.39. The summed E-state index contributed by atoms with van der Waals surface area (Å²) in [6.07, 6.45) is 1.91. The van der Waals surface area contributed by atoms with Crippen molar-refractivity contribution in [3.8, 4) is 22.8 Å². The molecule has 0 aliphatic heterocycles. The van der Waals surface area contributed by atoms with Gasteiger partial charge in [0.05, 0.1) is 28.8 Å². The highest BCUT2D eigenvalue weighted by molar-refractivity contribution is 9.10. The van der Waals surface area contributed by atoms with E-state index in [-0.39, 0.29) is 29.4 Å². The predicted molar refractivity (Wildman–Crippen MR) is 180 cm³/mol. The molecule has 13 heteroatoms. The lowest BCUT2D eigenvalue weighted by atomic mass is 10.1. The van der Waals surface area contributed by atoms with Gasteiger partial charge in [0, 0.05) is 28.1 Å². The summed E-state index contributed by atoms with van der Waals surface area (Å²) in [5.41, 5.74) is 3.61. The summed E-state index contributed by atoms with van der Waals surface area (Å²) < 4.78 is 49.4. The lowest BCUT2D eigenvalue weighted by Gasteiger charge is -2.14. The number of anilines is 2. The average molecular weight is 713 g/mol. The lowest BCUT2D eigenvalue weighted by molar-refractivity contribution is 0.303. The Morgan fingerprint density at radius 3 is 2.60 bits per heavy atom. The molecule has 2 heterocycles. The highest BCUT2D eigenvalue weighted by atomic mass is 79.9. The molecule has 0 amide bonds. The van der Waals surface area contributed by atoms with Gasteiger partial charge in [-0.05, 0) is 77.2 Å². The fourth-order valence-corrected chi connectivity index (χ4v) is 6.69. The zero-order chi connectivity index (χ0) is 32.1. The lowest BCUT2D eigenvalue weighted by Crippen LogP contribution is -2.28. The molecule has 1 unspecified atom stereocenters. The van der Waals surface area contributed by atoms with Crippen LogP contribution in [0.1, 0.15) is 43.8 Å². The third-order valence-corrected chi connectivity index (χ3v) is 9.11. The molecule has 0 saturated carbocycles. The summed E-state index contributed by atoms with van der Waals surface area (Å²) in [5.74, 6) is 1.68. The number of fused-ring (bicyclic) bond motifs is 1. The molecule has 234 valence electrons. The number of thiazole rings is 1. The SMILES string of the molecule is COc1cc2ncnc(Nc3ccc(OCc4cccc(F)c4)c(Br)c3)c2cc1-c1csc(C(C)NC(CC(C)C)=S(=O)=O)n1. The quantitative estimate of drug-likeness (QED) is 0.133. The fraction of sp³-hybridized carbons (Fsp3) is 0.250. The number of hydrogen-bond donors (Lipinski definition) is 2. The molecular formula is C32H31BrFN5O4S2. The van der Waals surface area contributed by atoms with E-state index in [2.05, 4.69) is 36.5 Å². The Bertz CT molecular complexity index is 1980. The second-order valence-corrected chi connectivity index (χ2v) is 13.4. The van der Waals surface area contributed by atoms with Crippen LogP contribution in [0, 0.1) is 11.7 Å². The molecule has 3 aromatic carbocycles. The van der Waals surface area contributed by atoms with Gasteiger partial charge in [0.2, 0.25) is 10.3 Å². The monoisotopic (exact) mass is 711 g/mol. The molecule has 0 bridgehead atoms. The summed E-state index contributed by atoms with van der Waals surface area (Å²) in [6.45, 7) is 6.06. The van der Waals surface area contributed by atoms with Gasteiger partial charge in [-0.1, -0.05) is 26.0 Å². The first-order valence-electron chi connectivity index (χ1n) is 14.0. The highest BCUT2D eigenvalue weighted by Gasteiger charge is 2.19. The summed E-state index contributed by atoms with van der Waals surface area (Å²) in [4.78, 5) is 14.0.